The molecule has 24 aromatic rings. The number of pyridine rings is 12. The summed E-state index contributed by atoms with van der Waals surface area (Å²) < 4.78 is 9.02. The Bertz CT molecular complexity index is 8010. The lowest BCUT2D eigenvalue weighted by atomic mass is 9.99. The minimum absolute atomic E-state index is 0.866. The number of rotatable bonds is 0. The van der Waals surface area contributed by atoms with Crippen LogP contribution in [0.2, 0.25) is 0 Å². The largest absolute Gasteiger partial charge is 0.279 e. The minimum atomic E-state index is 0.866. The van der Waals surface area contributed by atoms with Crippen molar-refractivity contribution in [2.75, 3.05) is 0 Å². The number of benzene rings is 8. The van der Waals surface area contributed by atoms with Gasteiger partial charge in [-0.1, -0.05) is 103 Å². The van der Waals surface area contributed by atoms with Gasteiger partial charge in [-0.2, -0.15) is 0 Å². The second kappa shape index (κ2) is 24.7. The van der Waals surface area contributed by atoms with Crippen LogP contribution in [0, 0.1) is 0 Å². The number of fused-ring (bicyclic) bond motifs is 52. The van der Waals surface area contributed by atoms with Gasteiger partial charge in [-0.3, -0.25) is 37.5 Å². The highest BCUT2D eigenvalue weighted by Crippen LogP contribution is 2.52. The van der Waals surface area contributed by atoms with E-state index >= 15 is 0 Å². The van der Waals surface area contributed by atoms with E-state index in [0.29, 0.717) is 0 Å². The lowest BCUT2D eigenvalue weighted by Crippen LogP contribution is -1.98. The van der Waals surface area contributed by atoms with Crippen LogP contribution in [0.3, 0.4) is 0 Å². The molecule has 576 valence electrons. The fourth-order valence-corrected chi connectivity index (χ4v) is 22.4. The molecule has 0 fully saturated rings. The number of hydrogen-bond donors (Lipinski definition) is 0. The molecule has 0 radical (unpaired) electrons. The summed E-state index contributed by atoms with van der Waals surface area (Å²) in [5.41, 5.74) is 51.6. The molecule has 124 heavy (non-hydrogen) atoms. The Labute approximate surface area is 706 Å². The molecule has 16 nitrogen and oxygen atoms in total. The predicted octanol–water partition coefficient (Wildman–Crippen LogP) is 22.3. The predicted molar refractivity (Wildman–Crippen MR) is 489 cm³/mol. The van der Waals surface area contributed by atoms with Gasteiger partial charge in [0, 0.05) is 158 Å². The van der Waals surface area contributed by atoms with Gasteiger partial charge in [0.05, 0.1) is 51.1 Å². The van der Waals surface area contributed by atoms with Crippen LogP contribution in [0.25, 0.3) is 200 Å². The quantitative estimate of drug-likeness (QED) is 0.132. The zero-order valence-electron chi connectivity index (χ0n) is 66.5. The molecule has 0 saturated carbocycles. The molecule has 16 heteroatoms. The van der Waals surface area contributed by atoms with Crippen molar-refractivity contribution in [2.24, 2.45) is 0 Å². The molecule has 0 unspecified atom stereocenters. The zero-order chi connectivity index (χ0) is 80.4. The van der Waals surface area contributed by atoms with Gasteiger partial charge < -0.3 is 0 Å². The molecule has 8 aliphatic rings. The highest BCUT2D eigenvalue weighted by molar-refractivity contribution is 6.14. The fraction of sp³-hybridized carbons (Fsp3) is 0.0741. The van der Waals surface area contributed by atoms with Crippen molar-refractivity contribution in [1.29, 1.82) is 0 Å². The van der Waals surface area contributed by atoms with E-state index in [1.165, 1.54) is 156 Å². The van der Waals surface area contributed by atoms with Gasteiger partial charge in [0.15, 0.2) is 5.65 Å². The van der Waals surface area contributed by atoms with Crippen LogP contribution in [-0.4, -0.2) is 77.4 Å². The smallest absolute Gasteiger partial charge is 0.166 e. The number of nitrogens with zero attached hydrogens (tertiary/aromatic N) is 16. The SMILES string of the molecule is c1ccc2c(c1)Cc1cc3c(cc1-2)Cc1c-3nc2c3cccnc3c3cccnc3n12.c1ccc2c(c1)Cc1cc3c(cc1-2)Cc1c-3nc2c3ccncc3c3cccnc3n12.c1ccc2c(c1)Cc1cc3c(cc1-2)Cc1c-3nc2c3cnccc3c3cccnc3n12.c1ccc2c(c1)Cc1cc3c(cc1-2)Cc1c-3nc2c3ncccc3c3cccnc3n12. The van der Waals surface area contributed by atoms with Gasteiger partial charge in [0.25, 0.3) is 0 Å². The lowest BCUT2D eigenvalue weighted by Gasteiger charge is -2.09. The molecule has 0 atom stereocenters. The molecule has 0 bridgehead atoms. The summed E-state index contributed by atoms with van der Waals surface area (Å²) in [6.45, 7) is 0. The normalized spacial score (nSPS) is 13.5. The average molecular weight is 1590 g/mol. The summed E-state index contributed by atoms with van der Waals surface area (Å²) in [5, 5.41) is 11.1. The van der Waals surface area contributed by atoms with Crippen LogP contribution in [-0.2, 0) is 51.4 Å². The summed E-state index contributed by atoms with van der Waals surface area (Å²) in [5.74, 6) is 0. The third-order valence-electron chi connectivity index (χ3n) is 27.7. The second-order valence-electron chi connectivity index (χ2n) is 34.1. The highest BCUT2D eigenvalue weighted by atomic mass is 15.1. The van der Waals surface area contributed by atoms with Crippen molar-refractivity contribution in [3.8, 4) is 89.5 Å². The first kappa shape index (κ1) is 66.7. The molecular formula is C108H64N16. The van der Waals surface area contributed by atoms with E-state index in [2.05, 4.69) is 227 Å². The molecule has 16 aromatic heterocycles. The van der Waals surface area contributed by atoms with E-state index in [0.717, 1.165) is 184 Å². The van der Waals surface area contributed by atoms with Gasteiger partial charge in [0.2, 0.25) is 0 Å². The Hall–Kier alpha value is -16.2. The maximum atomic E-state index is 5.18. The first-order valence-electron chi connectivity index (χ1n) is 42.5. The number of aromatic nitrogens is 16. The van der Waals surface area contributed by atoms with Crippen LogP contribution in [0.15, 0.2) is 292 Å². The Balaban J connectivity index is 0.0000000828. The van der Waals surface area contributed by atoms with E-state index < -0.39 is 0 Å². The fourth-order valence-electron chi connectivity index (χ4n) is 22.4. The number of hydrogen-bond acceptors (Lipinski definition) is 12. The summed E-state index contributed by atoms with van der Waals surface area (Å²) in [6, 6.07) is 82.9. The third kappa shape index (κ3) is 9.18. The Morgan fingerprint density at radius 2 is 0.460 bits per heavy atom. The van der Waals surface area contributed by atoms with Crippen LogP contribution in [0.1, 0.15) is 89.5 Å². The summed E-state index contributed by atoms with van der Waals surface area (Å²) in [4.78, 5) is 57.8. The Morgan fingerprint density at radius 1 is 0.177 bits per heavy atom. The zero-order valence-corrected chi connectivity index (χ0v) is 66.5. The molecule has 8 aromatic carbocycles. The molecule has 0 N–H and O–H groups in total. The van der Waals surface area contributed by atoms with Crippen molar-refractivity contribution >= 4 is 110 Å². The molecular weight excluding hydrogens is 1520 g/mol. The van der Waals surface area contributed by atoms with Crippen molar-refractivity contribution in [1.82, 2.24) is 77.4 Å². The molecule has 0 spiro atoms. The van der Waals surface area contributed by atoms with Crippen LogP contribution in [0.4, 0.5) is 0 Å². The monoisotopic (exact) mass is 1580 g/mol. The summed E-state index contributed by atoms with van der Waals surface area (Å²) >= 11 is 0. The topological polar surface area (TPSA) is 172 Å². The van der Waals surface area contributed by atoms with E-state index in [1.54, 1.807) is 0 Å². The Kier molecular flexibility index (Phi) is 13.3. The maximum Gasteiger partial charge on any atom is 0.166 e. The van der Waals surface area contributed by atoms with Crippen molar-refractivity contribution < 1.29 is 0 Å². The van der Waals surface area contributed by atoms with Crippen LogP contribution < -0.4 is 0 Å². The molecule has 32 rings (SSSR count). The summed E-state index contributed by atoms with van der Waals surface area (Å²) in [6.07, 6.45) is 26.2. The number of imidazole rings is 4. The summed E-state index contributed by atoms with van der Waals surface area (Å²) in [7, 11) is 0. The van der Waals surface area contributed by atoms with Gasteiger partial charge in [-0.05, 0) is 270 Å². The van der Waals surface area contributed by atoms with Crippen molar-refractivity contribution in [3.63, 3.8) is 0 Å². The molecule has 16 heterocycles. The molecule has 0 saturated heterocycles. The van der Waals surface area contributed by atoms with E-state index in [9.17, 15) is 0 Å². The molecule has 8 aliphatic carbocycles. The van der Waals surface area contributed by atoms with E-state index in [-0.39, 0.29) is 0 Å². The minimum Gasteiger partial charge on any atom is -0.279 e. The van der Waals surface area contributed by atoms with Crippen LogP contribution >= 0.6 is 0 Å². The van der Waals surface area contributed by atoms with Gasteiger partial charge >= 0.3 is 0 Å². The van der Waals surface area contributed by atoms with Crippen molar-refractivity contribution in [3.05, 3.63) is 382 Å². The highest BCUT2D eigenvalue weighted by Gasteiger charge is 2.37. The van der Waals surface area contributed by atoms with Gasteiger partial charge in [0.1, 0.15) is 45.0 Å². The molecule has 0 amide bonds. The van der Waals surface area contributed by atoms with Gasteiger partial charge in [-0.25, -0.2) is 39.9 Å². The average Bonchev–Trinajstić information content (AvgIpc) is 1.54. The van der Waals surface area contributed by atoms with E-state index in [1.807, 2.05) is 98.4 Å². The van der Waals surface area contributed by atoms with E-state index in [4.69, 9.17) is 44.9 Å². The first-order valence-corrected chi connectivity index (χ1v) is 42.5. The first-order chi connectivity index (χ1) is 61.5. The lowest BCUT2D eigenvalue weighted by molar-refractivity contribution is 1.07. The maximum absolute atomic E-state index is 5.18. The third-order valence-corrected chi connectivity index (χ3v) is 27.7. The second-order valence-corrected chi connectivity index (χ2v) is 34.1. The Morgan fingerprint density at radius 3 is 0.887 bits per heavy atom. The standard InChI is InChI=1S/4C27H16N4/c1-2-6-18-15(5-1)11-16-13-22-17(12-21(16)18)14-23-25(22)30-27-20-8-3-9-28-24(20)19-7-4-10-29-26(19)31(23)27;1-2-6-18-15(5-1)11-16-13-22-17(12-21(16)18)14-23-24(22)30-27-25-19(7-3-9-28-25)20-8-4-10-29-26(20)31(23)27;1-2-5-18-15(4-1)10-16-12-22-17(11-21(16)18)13-24-25(22)30-27-23-14-28-9-7-19(23)20-6-3-8-29-26(20)31(24)27;1-2-5-18-15(4-1)10-16-12-22-17(11-21(16)18)13-24-25(22)30-27-20-7-9-28-14-23(20)19-6-3-8-29-26(19)31(24)27/h2*1-10,12-13H,11,14H2;2*1-9,11-12,14H,10,13H2. The van der Waals surface area contributed by atoms with Crippen molar-refractivity contribution in [2.45, 2.75) is 51.4 Å². The molecule has 0 aliphatic heterocycles. The van der Waals surface area contributed by atoms with Gasteiger partial charge in [-0.15, -0.1) is 0 Å². The van der Waals surface area contributed by atoms with Crippen LogP contribution in [0.5, 0.6) is 0 Å².